The van der Waals surface area contributed by atoms with E-state index < -0.39 is 103 Å². The maximum absolute atomic E-state index is 12.6. The van der Waals surface area contributed by atoms with Crippen molar-refractivity contribution in [2.24, 2.45) is 11.5 Å². The van der Waals surface area contributed by atoms with Crippen LogP contribution >= 0.6 is 0 Å². The molecule has 0 aromatic rings. The van der Waals surface area contributed by atoms with Crippen LogP contribution in [0.3, 0.4) is 0 Å². The number of hydrogen-bond donors (Lipinski definition) is 4. The molecular weight excluding hydrogens is 504 g/mol. The number of primary amides is 1. The Morgan fingerprint density at radius 3 is 1.92 bits per heavy atom. The highest BCUT2D eigenvalue weighted by Crippen LogP contribution is 2.28. The van der Waals surface area contributed by atoms with Gasteiger partial charge in [-0.1, -0.05) is 0 Å². The average molecular weight is 522 g/mol. The third-order valence-corrected chi connectivity index (χ3v) is 4.54. The first-order valence-electron chi connectivity index (χ1n) is 9.62. The van der Waals surface area contributed by atoms with Crippen molar-refractivity contribution in [3.05, 3.63) is 0 Å². The molecule has 0 saturated carbocycles. The van der Waals surface area contributed by atoms with Gasteiger partial charge in [-0.3, -0.25) is 9.59 Å². The molecule has 0 aromatic carbocycles. The van der Waals surface area contributed by atoms with Gasteiger partial charge in [-0.05, 0) is 6.42 Å². The number of carbonyl (C=O) groups excluding carboxylic acids is 8. The van der Waals surface area contributed by atoms with Crippen LogP contribution in [0, 0.1) is 0 Å². The van der Waals surface area contributed by atoms with Crippen molar-refractivity contribution in [3.63, 3.8) is 0 Å². The highest BCUT2D eigenvalue weighted by atomic mass is 17.2. The first-order valence-corrected chi connectivity index (χ1v) is 9.62. The second kappa shape index (κ2) is 10.9. The molecule has 19 heteroatoms. The smallest absolute Gasteiger partial charge is 0.399 e. The lowest BCUT2D eigenvalue weighted by Crippen LogP contribution is -2.59. The van der Waals surface area contributed by atoms with E-state index in [4.69, 9.17) is 11.5 Å². The summed E-state index contributed by atoms with van der Waals surface area (Å²) in [6.07, 6.45) is -8.42. The summed E-state index contributed by atoms with van der Waals surface area (Å²) < 4.78 is 4.67. The molecule has 1 amide bonds. The van der Waals surface area contributed by atoms with Crippen LogP contribution in [-0.2, 0) is 72.4 Å². The van der Waals surface area contributed by atoms with E-state index in [9.17, 15) is 48.6 Å². The summed E-state index contributed by atoms with van der Waals surface area (Å²) >= 11 is 0. The summed E-state index contributed by atoms with van der Waals surface area (Å²) in [6.45, 7) is 0. The van der Waals surface area contributed by atoms with Gasteiger partial charge in [0, 0.05) is 6.42 Å². The summed E-state index contributed by atoms with van der Waals surface area (Å²) in [5, 5.41) is 21.2. The molecule has 2 fully saturated rings. The molecule has 0 radical (unpaired) electrons. The molecule has 36 heavy (non-hydrogen) atoms. The fraction of sp³-hybridized carbons (Fsp3) is 0.529. The molecule has 2 bridgehead atoms. The van der Waals surface area contributed by atoms with Crippen LogP contribution in [0.5, 0.6) is 0 Å². The number of rotatable bonds is 5. The predicted molar refractivity (Wildman–Crippen MR) is 96.6 cm³/mol. The summed E-state index contributed by atoms with van der Waals surface area (Å²) in [5.74, 6) is -13.7. The Bertz CT molecular complexity index is 994. The van der Waals surface area contributed by atoms with Gasteiger partial charge in [-0.25, -0.2) is 58.1 Å². The van der Waals surface area contributed by atoms with Crippen molar-refractivity contribution in [1.29, 1.82) is 0 Å². The Morgan fingerprint density at radius 2 is 1.36 bits per heavy atom. The number of fused-ring (bicyclic) bond motifs is 5. The lowest BCUT2D eigenvalue weighted by atomic mass is 9.92. The lowest BCUT2D eigenvalue weighted by Gasteiger charge is -2.31. The van der Waals surface area contributed by atoms with E-state index in [2.05, 4.69) is 34.1 Å². The highest BCUT2D eigenvalue weighted by Gasteiger charge is 2.58. The molecule has 2 rings (SSSR count). The molecule has 0 aliphatic carbocycles. The number of ether oxygens (including phenoxy) is 1. The SMILES string of the molecule is NC(=O)CCC(N)C(=O)OC1C(=O)OOC(=O)CC2(O)CC(=O)OOC(=O)CC1(O)C(=O)OOC2=O. The van der Waals surface area contributed by atoms with Gasteiger partial charge in [0.15, 0.2) is 5.60 Å². The maximum atomic E-state index is 12.6. The lowest BCUT2D eigenvalue weighted by molar-refractivity contribution is -0.303. The van der Waals surface area contributed by atoms with Crippen LogP contribution in [0.25, 0.3) is 0 Å². The third kappa shape index (κ3) is 6.61. The third-order valence-electron chi connectivity index (χ3n) is 4.54. The molecule has 4 atom stereocenters. The van der Waals surface area contributed by atoms with E-state index in [-0.39, 0.29) is 0 Å². The Morgan fingerprint density at radius 1 is 0.861 bits per heavy atom. The van der Waals surface area contributed by atoms with Crippen LogP contribution in [0.4, 0.5) is 0 Å². The fourth-order valence-electron chi connectivity index (χ4n) is 2.67. The van der Waals surface area contributed by atoms with Crippen LogP contribution in [0.1, 0.15) is 32.1 Å². The van der Waals surface area contributed by atoms with E-state index in [1.807, 2.05) is 0 Å². The maximum Gasteiger partial charge on any atom is 0.399 e. The molecular formula is C17H18N2O17. The second-order valence-corrected chi connectivity index (χ2v) is 7.42. The summed E-state index contributed by atoms with van der Waals surface area (Å²) in [6, 6.07) is -1.69. The van der Waals surface area contributed by atoms with Crippen molar-refractivity contribution in [3.8, 4) is 0 Å². The van der Waals surface area contributed by atoms with Crippen LogP contribution in [0.15, 0.2) is 0 Å². The first kappa shape index (κ1) is 27.9. The quantitative estimate of drug-likeness (QED) is 0.194. The average Bonchev–Trinajstić information content (AvgIpc) is 2.79. The van der Waals surface area contributed by atoms with Crippen molar-refractivity contribution in [1.82, 2.24) is 0 Å². The minimum absolute atomic E-state index is 0.439. The summed E-state index contributed by atoms with van der Waals surface area (Å²) in [5.41, 5.74) is 3.58. The van der Waals surface area contributed by atoms with Gasteiger partial charge in [0.2, 0.25) is 17.6 Å². The van der Waals surface area contributed by atoms with Gasteiger partial charge in [0.05, 0.1) is 19.3 Å². The summed E-state index contributed by atoms with van der Waals surface area (Å²) in [4.78, 5) is 121. The number of carbonyl (C=O) groups is 8. The Kier molecular flexibility index (Phi) is 8.46. The molecule has 198 valence electrons. The number of hydrogen-bond acceptors (Lipinski definition) is 18. The van der Waals surface area contributed by atoms with Gasteiger partial charge in [0.1, 0.15) is 6.04 Å². The Balaban J connectivity index is 2.53. The first-order chi connectivity index (χ1) is 16.7. The van der Waals surface area contributed by atoms with Crippen LogP contribution in [0.2, 0.25) is 0 Å². The highest BCUT2D eigenvalue weighted by molar-refractivity contribution is 5.96. The molecule has 2 saturated heterocycles. The zero-order valence-electron chi connectivity index (χ0n) is 17.9. The summed E-state index contributed by atoms with van der Waals surface area (Å²) in [7, 11) is 0. The van der Waals surface area contributed by atoms with Gasteiger partial charge < -0.3 is 26.4 Å². The normalized spacial score (nSPS) is 28.5. The minimum Gasteiger partial charge on any atom is -0.445 e. The zero-order chi connectivity index (χ0) is 27.3. The predicted octanol–water partition coefficient (Wildman–Crippen LogP) is -4.85. The van der Waals surface area contributed by atoms with E-state index in [1.165, 1.54) is 0 Å². The molecule has 2 aliphatic rings. The van der Waals surface area contributed by atoms with E-state index in [0.717, 1.165) is 0 Å². The van der Waals surface area contributed by atoms with Crippen molar-refractivity contribution >= 4 is 47.7 Å². The van der Waals surface area contributed by atoms with Crippen molar-refractivity contribution < 1.29 is 82.6 Å². The topological polar surface area (TPSA) is 294 Å². The molecule has 6 N–H and O–H groups in total. The number of amides is 1. The van der Waals surface area contributed by atoms with E-state index in [0.29, 0.717) is 0 Å². The number of esters is 1. The minimum atomic E-state index is -3.68. The largest absolute Gasteiger partial charge is 0.445 e. The van der Waals surface area contributed by atoms with Crippen LogP contribution < -0.4 is 11.5 Å². The number of nitrogens with two attached hydrogens (primary N) is 2. The van der Waals surface area contributed by atoms with E-state index >= 15 is 0 Å². The second-order valence-electron chi connectivity index (χ2n) is 7.42. The van der Waals surface area contributed by atoms with Gasteiger partial charge >= 0.3 is 41.8 Å². The van der Waals surface area contributed by atoms with Gasteiger partial charge in [-0.2, -0.15) is 0 Å². The zero-order valence-corrected chi connectivity index (χ0v) is 17.9. The van der Waals surface area contributed by atoms with Gasteiger partial charge in [0.25, 0.3) is 0 Å². The van der Waals surface area contributed by atoms with Crippen LogP contribution in [-0.4, -0.2) is 81.3 Å². The van der Waals surface area contributed by atoms with Crippen molar-refractivity contribution in [2.75, 3.05) is 0 Å². The van der Waals surface area contributed by atoms with Gasteiger partial charge in [-0.15, -0.1) is 0 Å². The molecule has 19 nitrogen and oxygen atoms in total. The fourth-order valence-corrected chi connectivity index (χ4v) is 2.67. The Labute approximate surface area is 198 Å². The standard InChI is InChI=1S/C17H18N2O17/c18-6(1-2-7(19)20)12(24)30-11-13(25)34-33-9(22)4-16(28)3-8(21)31-32-10(23)5-17(11,29)15(27)36-35-14(16)26/h6,11,28-29H,1-5,18H2,(H2,19,20). The number of aliphatic hydroxyl groups is 2. The molecule has 2 heterocycles. The molecule has 0 spiro atoms. The van der Waals surface area contributed by atoms with Crippen molar-refractivity contribution in [2.45, 2.75) is 55.5 Å². The Hall–Kier alpha value is -4.36. The molecule has 4 unspecified atom stereocenters. The monoisotopic (exact) mass is 522 g/mol. The van der Waals surface area contributed by atoms with E-state index in [1.54, 1.807) is 0 Å². The molecule has 2 aliphatic heterocycles. The molecule has 0 aromatic heterocycles.